The summed E-state index contributed by atoms with van der Waals surface area (Å²) in [5.74, 6) is 1.08. The highest BCUT2D eigenvalue weighted by molar-refractivity contribution is 5.74. The van der Waals surface area contributed by atoms with Gasteiger partial charge in [0.2, 0.25) is 0 Å². The topological polar surface area (TPSA) is 70.8 Å². The predicted octanol–water partition coefficient (Wildman–Crippen LogP) is 5.72. The third-order valence-corrected chi connectivity index (χ3v) is 8.24. The molecule has 180 valence electrons. The van der Waals surface area contributed by atoms with Gasteiger partial charge in [-0.1, -0.05) is 48.5 Å². The molecule has 2 heterocycles. The molecule has 2 aliphatic carbocycles. The van der Waals surface area contributed by atoms with Crippen LogP contribution in [0.5, 0.6) is 0 Å². The van der Waals surface area contributed by atoms with Crippen molar-refractivity contribution in [1.29, 1.82) is 0 Å². The maximum absolute atomic E-state index is 6.46. The van der Waals surface area contributed by atoms with Gasteiger partial charge in [-0.05, 0) is 74.3 Å². The predicted molar refractivity (Wildman–Crippen MR) is 141 cm³/mol. The number of imidazole rings is 1. The molecule has 0 saturated heterocycles. The molecule has 0 radical (unpaired) electrons. The van der Waals surface area contributed by atoms with E-state index >= 15 is 0 Å². The molecule has 0 spiro atoms. The number of aryl methyl sites for hydroxylation is 1. The molecular weight excluding hydrogens is 430 g/mol. The van der Waals surface area contributed by atoms with Gasteiger partial charge in [-0.3, -0.25) is 9.88 Å². The van der Waals surface area contributed by atoms with Gasteiger partial charge < -0.3 is 10.7 Å². The minimum Gasteiger partial charge on any atom is -0.342 e. The van der Waals surface area contributed by atoms with E-state index in [9.17, 15) is 0 Å². The lowest BCUT2D eigenvalue weighted by atomic mass is 9.74. The van der Waals surface area contributed by atoms with Gasteiger partial charge in [0.25, 0.3) is 0 Å². The number of H-pyrrole nitrogens is 1. The normalized spacial score (nSPS) is 24.5. The summed E-state index contributed by atoms with van der Waals surface area (Å²) in [4.78, 5) is 16.4. The van der Waals surface area contributed by atoms with Crippen molar-refractivity contribution >= 4 is 11.0 Å². The maximum atomic E-state index is 6.46. The summed E-state index contributed by atoms with van der Waals surface area (Å²) in [6.07, 6.45) is 10.6. The lowest BCUT2D eigenvalue weighted by molar-refractivity contribution is -0.00892. The van der Waals surface area contributed by atoms with E-state index in [1.807, 2.05) is 6.20 Å². The standard InChI is InChI=1S/C30H35N5/c31-24-15-17-30(18-16-24,20-28-33-25-12-4-5-13-26(25)34-28)35(21-22-8-2-1-3-9-22)27-14-6-10-23-11-7-19-32-29(23)27/h1-5,7-9,11-13,19,24,27H,6,10,14-18,20-21,31H2,(H,33,34)/t24-,27?,30-. The van der Waals surface area contributed by atoms with Crippen molar-refractivity contribution in [2.75, 3.05) is 0 Å². The van der Waals surface area contributed by atoms with Gasteiger partial charge in [-0.25, -0.2) is 4.98 Å². The Morgan fingerprint density at radius 1 is 0.943 bits per heavy atom. The quantitative estimate of drug-likeness (QED) is 0.382. The first kappa shape index (κ1) is 22.4. The fourth-order valence-corrected chi connectivity index (χ4v) is 6.42. The maximum Gasteiger partial charge on any atom is 0.109 e. The number of hydrogen-bond donors (Lipinski definition) is 2. The second kappa shape index (κ2) is 9.56. The first-order valence-electron chi connectivity index (χ1n) is 13.1. The van der Waals surface area contributed by atoms with Crippen LogP contribution in [0.25, 0.3) is 11.0 Å². The largest absolute Gasteiger partial charge is 0.342 e. The van der Waals surface area contributed by atoms with Crippen LogP contribution in [0.4, 0.5) is 0 Å². The van der Waals surface area contributed by atoms with E-state index in [4.69, 9.17) is 15.7 Å². The van der Waals surface area contributed by atoms with Gasteiger partial charge >= 0.3 is 0 Å². The molecule has 1 atom stereocenters. The van der Waals surface area contributed by atoms with Crippen molar-refractivity contribution in [3.63, 3.8) is 0 Å². The average Bonchev–Trinajstić information content (AvgIpc) is 3.31. The Bertz CT molecular complexity index is 1240. The number of rotatable bonds is 6. The number of para-hydroxylation sites is 2. The fourth-order valence-electron chi connectivity index (χ4n) is 6.42. The smallest absolute Gasteiger partial charge is 0.109 e. The average molecular weight is 466 g/mol. The molecule has 4 aromatic rings. The number of pyridine rings is 1. The van der Waals surface area contributed by atoms with E-state index in [-0.39, 0.29) is 11.6 Å². The lowest BCUT2D eigenvalue weighted by Crippen LogP contribution is -2.55. The van der Waals surface area contributed by atoms with Gasteiger partial charge in [0.05, 0.1) is 22.8 Å². The molecule has 6 rings (SSSR count). The van der Waals surface area contributed by atoms with Crippen molar-refractivity contribution in [2.24, 2.45) is 5.73 Å². The van der Waals surface area contributed by atoms with Crippen LogP contribution in [-0.4, -0.2) is 31.4 Å². The number of fused-ring (bicyclic) bond motifs is 2. The highest BCUT2D eigenvalue weighted by atomic mass is 15.2. The number of nitrogens with two attached hydrogens (primary N) is 1. The summed E-state index contributed by atoms with van der Waals surface area (Å²) in [5, 5.41) is 0. The minimum atomic E-state index is -0.0175. The zero-order valence-corrected chi connectivity index (χ0v) is 20.4. The number of aromatic amines is 1. The summed E-state index contributed by atoms with van der Waals surface area (Å²) in [5.41, 5.74) is 12.6. The molecule has 2 aromatic carbocycles. The Morgan fingerprint density at radius 3 is 2.57 bits per heavy atom. The molecule has 5 nitrogen and oxygen atoms in total. The first-order chi connectivity index (χ1) is 17.2. The Kier molecular flexibility index (Phi) is 6.13. The van der Waals surface area contributed by atoms with Crippen molar-refractivity contribution < 1.29 is 0 Å². The monoisotopic (exact) mass is 465 g/mol. The van der Waals surface area contributed by atoms with Crippen LogP contribution < -0.4 is 5.73 Å². The number of nitrogens with zero attached hydrogens (tertiary/aromatic N) is 3. The Labute approximate surface area is 207 Å². The third-order valence-electron chi connectivity index (χ3n) is 8.24. The van der Waals surface area contributed by atoms with Gasteiger partial charge in [-0.15, -0.1) is 0 Å². The number of hydrogen-bond acceptors (Lipinski definition) is 4. The van der Waals surface area contributed by atoms with Gasteiger partial charge in [0, 0.05) is 30.7 Å². The summed E-state index contributed by atoms with van der Waals surface area (Å²) >= 11 is 0. The second-order valence-electron chi connectivity index (χ2n) is 10.5. The van der Waals surface area contributed by atoms with Crippen molar-refractivity contribution in [3.8, 4) is 0 Å². The van der Waals surface area contributed by atoms with Crippen LogP contribution >= 0.6 is 0 Å². The first-order valence-corrected chi connectivity index (χ1v) is 13.1. The Balaban J connectivity index is 1.44. The van der Waals surface area contributed by atoms with E-state index < -0.39 is 0 Å². The van der Waals surface area contributed by atoms with Crippen LogP contribution in [-0.2, 0) is 19.4 Å². The van der Waals surface area contributed by atoms with Gasteiger partial charge in [0.1, 0.15) is 5.82 Å². The highest BCUT2D eigenvalue weighted by Gasteiger charge is 2.45. The van der Waals surface area contributed by atoms with Crippen LogP contribution in [0.2, 0.25) is 0 Å². The van der Waals surface area contributed by atoms with Crippen molar-refractivity contribution in [1.82, 2.24) is 19.9 Å². The van der Waals surface area contributed by atoms with E-state index in [2.05, 4.69) is 76.6 Å². The molecular formula is C30H35N5. The Hall–Kier alpha value is -3.02. The van der Waals surface area contributed by atoms with Crippen LogP contribution in [0.15, 0.2) is 72.9 Å². The number of aromatic nitrogens is 3. The molecule has 2 aromatic heterocycles. The number of nitrogens with one attached hydrogen (secondary N) is 1. The molecule has 0 aliphatic heterocycles. The van der Waals surface area contributed by atoms with E-state index in [1.54, 1.807) is 0 Å². The van der Waals surface area contributed by atoms with Crippen molar-refractivity contribution in [3.05, 3.63) is 95.6 Å². The molecule has 1 fully saturated rings. The summed E-state index contributed by atoms with van der Waals surface area (Å²) < 4.78 is 0. The van der Waals surface area contributed by atoms with Gasteiger partial charge in [-0.2, -0.15) is 0 Å². The second-order valence-corrected chi connectivity index (χ2v) is 10.5. The molecule has 3 N–H and O–H groups in total. The van der Waals surface area contributed by atoms with E-state index in [1.165, 1.54) is 23.2 Å². The van der Waals surface area contributed by atoms with E-state index in [0.717, 1.165) is 68.3 Å². The van der Waals surface area contributed by atoms with Gasteiger partial charge in [0.15, 0.2) is 0 Å². The molecule has 5 heteroatoms. The lowest BCUT2D eigenvalue weighted by Gasteiger charge is -2.51. The molecule has 0 bridgehead atoms. The molecule has 1 unspecified atom stereocenters. The Morgan fingerprint density at radius 2 is 1.74 bits per heavy atom. The van der Waals surface area contributed by atoms with E-state index in [0.29, 0.717) is 6.04 Å². The van der Waals surface area contributed by atoms with Crippen molar-refractivity contribution in [2.45, 2.75) is 75.5 Å². The van der Waals surface area contributed by atoms with Crippen LogP contribution in [0, 0.1) is 0 Å². The minimum absolute atomic E-state index is 0.0175. The SMILES string of the molecule is N[C@H]1CC[C@](Cc2nc3ccccc3[nH]2)(N(Cc2ccccc2)C2CCCc3cccnc32)CC1. The summed E-state index contributed by atoms with van der Waals surface area (Å²) in [6, 6.07) is 24.3. The zero-order valence-electron chi connectivity index (χ0n) is 20.4. The van der Waals surface area contributed by atoms with Crippen LogP contribution in [0.3, 0.4) is 0 Å². The zero-order chi connectivity index (χ0) is 23.7. The molecule has 0 amide bonds. The molecule has 35 heavy (non-hydrogen) atoms. The molecule has 1 saturated carbocycles. The highest BCUT2D eigenvalue weighted by Crippen LogP contribution is 2.45. The third kappa shape index (κ3) is 4.51. The fraction of sp³-hybridized carbons (Fsp3) is 0.400. The molecule has 2 aliphatic rings. The number of benzene rings is 2. The summed E-state index contributed by atoms with van der Waals surface area (Å²) in [7, 11) is 0. The summed E-state index contributed by atoms with van der Waals surface area (Å²) in [6.45, 7) is 0.914. The van der Waals surface area contributed by atoms with Crippen LogP contribution in [0.1, 0.15) is 67.2 Å².